The summed E-state index contributed by atoms with van der Waals surface area (Å²) >= 11 is 0. The molecule has 6 heterocycles. The fourth-order valence-corrected chi connectivity index (χ4v) is 9.59. The number of carbonyl (C=O) groups excluding carboxylic acids is 2. The van der Waals surface area contributed by atoms with E-state index >= 15 is 0 Å². The lowest BCUT2D eigenvalue weighted by atomic mass is 10.0. The summed E-state index contributed by atoms with van der Waals surface area (Å²) in [6.45, 7) is 17.9. The number of carbonyl (C=O) groups is 2. The van der Waals surface area contributed by atoms with Gasteiger partial charge in [0.15, 0.2) is 17.8 Å². The lowest BCUT2D eigenvalue weighted by Crippen LogP contribution is -2.49. The van der Waals surface area contributed by atoms with Crippen LogP contribution >= 0.6 is 0 Å². The number of piperidine rings is 1. The zero-order valence-electron chi connectivity index (χ0n) is 42.1. The number of aromatic nitrogens is 3. The Hall–Kier alpha value is -7.07. The van der Waals surface area contributed by atoms with E-state index in [0.29, 0.717) is 46.1 Å². The predicted octanol–water partition coefficient (Wildman–Crippen LogP) is 8.17. The highest BCUT2D eigenvalue weighted by Gasteiger charge is 2.32. The molecular formula is C57H65N5O10. The summed E-state index contributed by atoms with van der Waals surface area (Å²) in [6, 6.07) is 34.5. The predicted molar refractivity (Wildman–Crippen MR) is 279 cm³/mol. The van der Waals surface area contributed by atoms with Crippen LogP contribution in [0, 0.1) is 20.8 Å². The minimum atomic E-state index is -0.576. The van der Waals surface area contributed by atoms with Crippen molar-refractivity contribution in [2.75, 3.05) is 46.1 Å². The van der Waals surface area contributed by atoms with Gasteiger partial charge in [-0.3, -0.25) is 14.4 Å². The van der Waals surface area contributed by atoms with E-state index < -0.39 is 5.60 Å². The average Bonchev–Trinajstić information content (AvgIpc) is 3.89. The van der Waals surface area contributed by atoms with Gasteiger partial charge in [0.25, 0.3) is 16.7 Å². The molecular weight excluding hydrogens is 915 g/mol. The second-order valence-electron chi connectivity index (χ2n) is 19.4. The van der Waals surface area contributed by atoms with Crippen LogP contribution in [0.5, 0.6) is 11.5 Å². The van der Waals surface area contributed by atoms with Crippen molar-refractivity contribution in [3.05, 3.63) is 163 Å². The Morgan fingerprint density at radius 2 is 1.14 bits per heavy atom. The van der Waals surface area contributed by atoms with E-state index in [4.69, 9.17) is 23.7 Å². The monoisotopic (exact) mass is 979 g/mol. The highest BCUT2D eigenvalue weighted by Crippen LogP contribution is 2.32. The quantitative estimate of drug-likeness (QED) is 0.122. The zero-order chi connectivity index (χ0) is 50.9. The van der Waals surface area contributed by atoms with Crippen molar-refractivity contribution in [3.63, 3.8) is 0 Å². The van der Waals surface area contributed by atoms with E-state index in [1.165, 1.54) is 4.57 Å². The molecule has 0 spiro atoms. The largest absolute Gasteiger partial charge is 0.486 e. The smallest absolute Gasteiger partial charge is 0.410 e. The summed E-state index contributed by atoms with van der Waals surface area (Å²) in [5.41, 5.74) is 5.99. The molecule has 2 fully saturated rings. The molecule has 15 heteroatoms. The van der Waals surface area contributed by atoms with Gasteiger partial charge >= 0.3 is 6.09 Å². The van der Waals surface area contributed by atoms with E-state index in [2.05, 4.69) is 11.0 Å². The summed E-state index contributed by atoms with van der Waals surface area (Å²) in [7, 11) is 0. The number of rotatable bonds is 10. The van der Waals surface area contributed by atoms with Gasteiger partial charge in [0.1, 0.15) is 25.1 Å². The van der Waals surface area contributed by atoms with Gasteiger partial charge in [0.2, 0.25) is 0 Å². The molecule has 4 aromatic carbocycles. The molecule has 3 aromatic heterocycles. The third-order valence-corrected chi connectivity index (χ3v) is 13.2. The lowest BCUT2D eigenvalue weighted by molar-refractivity contribution is -0.108. The third kappa shape index (κ3) is 12.3. The molecule has 3 aliphatic rings. The van der Waals surface area contributed by atoms with E-state index in [0.717, 1.165) is 105 Å². The van der Waals surface area contributed by atoms with E-state index in [1.54, 1.807) is 22.8 Å². The van der Waals surface area contributed by atoms with Crippen LogP contribution < -0.4 is 26.2 Å². The molecule has 7 aromatic rings. The first kappa shape index (κ1) is 51.3. The molecule has 15 nitrogen and oxygen atoms in total. The van der Waals surface area contributed by atoms with Crippen molar-refractivity contribution in [1.82, 2.24) is 23.5 Å². The Morgan fingerprint density at radius 3 is 1.69 bits per heavy atom. The van der Waals surface area contributed by atoms with Crippen molar-refractivity contribution < 1.29 is 33.3 Å². The number of fused-ring (bicyclic) bond motifs is 4. The maximum atomic E-state index is 13.3. The molecule has 0 N–H and O–H groups in total. The summed E-state index contributed by atoms with van der Waals surface area (Å²) in [5, 5.41) is 3.22. The van der Waals surface area contributed by atoms with Gasteiger partial charge in [0.05, 0.1) is 42.9 Å². The number of para-hydroxylation sites is 3. The molecule has 0 bridgehead atoms. The highest BCUT2D eigenvalue weighted by atomic mass is 16.7. The summed E-state index contributed by atoms with van der Waals surface area (Å²) in [5.74, 6) is 1.46. The van der Waals surface area contributed by atoms with Gasteiger partial charge < -0.3 is 52.0 Å². The molecule has 378 valence electrons. The van der Waals surface area contributed by atoms with Gasteiger partial charge in [-0.05, 0) is 107 Å². The van der Waals surface area contributed by atoms with E-state index in [1.807, 2.05) is 136 Å². The Kier molecular flexibility index (Phi) is 16.4. The minimum Gasteiger partial charge on any atom is -0.486 e. The number of amides is 1. The van der Waals surface area contributed by atoms with Crippen LogP contribution in [-0.4, -0.2) is 99.9 Å². The van der Waals surface area contributed by atoms with Crippen molar-refractivity contribution in [3.8, 4) is 11.5 Å². The van der Waals surface area contributed by atoms with Gasteiger partial charge in [-0.2, -0.15) is 0 Å². The molecule has 0 atom stereocenters. The molecule has 72 heavy (non-hydrogen) atoms. The fraction of sp³-hybridized carbons (Fsp3) is 0.386. The van der Waals surface area contributed by atoms with Crippen molar-refractivity contribution in [1.29, 1.82) is 0 Å². The Labute approximate surface area is 419 Å². The zero-order valence-corrected chi connectivity index (χ0v) is 42.1. The molecule has 0 saturated carbocycles. The molecule has 0 radical (unpaired) electrons. The number of hydrogen-bond acceptors (Lipinski definition) is 11. The highest BCUT2D eigenvalue weighted by molar-refractivity contribution is 5.84. The number of ether oxygens (including phenoxy) is 5. The Bertz CT molecular complexity index is 3230. The topological polar surface area (TPSA) is 153 Å². The number of nitrogens with zero attached hydrogens (tertiary/aromatic N) is 5. The van der Waals surface area contributed by atoms with Gasteiger partial charge in [-0.15, -0.1) is 0 Å². The number of benzene rings is 4. The summed E-state index contributed by atoms with van der Waals surface area (Å²) < 4.78 is 33.1. The van der Waals surface area contributed by atoms with Crippen LogP contribution in [0.2, 0.25) is 0 Å². The SMILES string of the molecule is Cc1cc(=O)n(CC2OCCO2)c2ccccc12.Cc1cc(=O)n(CC=O)c2ccccc12.Cc1cc(=O)n(CCN2CCC(N(Cc3ccc4c(c3)OCCO4)C(=O)OC(C)(C)C)CC2)c2ccccc12. The first-order chi connectivity index (χ1) is 34.7. The van der Waals surface area contributed by atoms with Crippen LogP contribution in [0.3, 0.4) is 0 Å². The van der Waals surface area contributed by atoms with Crippen molar-refractivity contribution in [2.24, 2.45) is 0 Å². The Morgan fingerprint density at radius 1 is 0.639 bits per heavy atom. The standard InChI is InChI=1S/C31H39N3O5.C14H15NO3.C12H11NO2/c1-22-19-29(35)33(26-8-6-5-7-25(22)26)16-15-32-13-11-24(12-14-32)34(30(36)39-31(2,3)4)21-23-9-10-27-28(20-23)38-18-17-37-27;1-10-8-13(16)15(9-14-17-6-7-18-14)12-5-3-2-4-11(10)12;1-9-8-12(15)13(6-7-14)11-5-3-2-4-10(9)11/h5-10,19-20,24H,11-18,21H2,1-4H3;2-5,8,14H,6-7,9H2,1H3;2-5,7-8H,6H2,1H3. The lowest BCUT2D eigenvalue weighted by Gasteiger charge is -2.39. The summed E-state index contributed by atoms with van der Waals surface area (Å²) in [6.07, 6.45) is 1.81. The van der Waals surface area contributed by atoms with Crippen LogP contribution in [0.4, 0.5) is 4.79 Å². The van der Waals surface area contributed by atoms with Crippen molar-refractivity contribution in [2.45, 2.75) is 98.5 Å². The first-order valence-corrected chi connectivity index (χ1v) is 24.7. The van der Waals surface area contributed by atoms with Crippen LogP contribution in [0.25, 0.3) is 32.7 Å². The van der Waals surface area contributed by atoms with Gasteiger partial charge in [-0.1, -0.05) is 60.7 Å². The molecule has 1 amide bonds. The molecule has 0 unspecified atom stereocenters. The van der Waals surface area contributed by atoms with Crippen molar-refractivity contribution >= 4 is 45.1 Å². The maximum absolute atomic E-state index is 13.3. The fourth-order valence-electron chi connectivity index (χ4n) is 9.59. The van der Waals surface area contributed by atoms with E-state index in [-0.39, 0.29) is 41.6 Å². The number of aryl methyl sites for hydroxylation is 3. The van der Waals surface area contributed by atoms with E-state index in [9.17, 15) is 24.0 Å². The molecule has 3 aliphatic heterocycles. The number of likely N-dealkylation sites (tertiary alicyclic amines) is 1. The second-order valence-corrected chi connectivity index (χ2v) is 19.4. The average molecular weight is 980 g/mol. The Balaban J connectivity index is 0.000000172. The molecule has 10 rings (SSSR count). The third-order valence-electron chi connectivity index (χ3n) is 13.2. The number of hydrogen-bond donors (Lipinski definition) is 0. The number of pyridine rings is 3. The number of aldehydes is 1. The maximum Gasteiger partial charge on any atom is 0.410 e. The van der Waals surface area contributed by atoms with Crippen LogP contribution in [-0.2, 0) is 45.2 Å². The molecule has 2 saturated heterocycles. The minimum absolute atomic E-state index is 0.00898. The summed E-state index contributed by atoms with van der Waals surface area (Å²) in [4.78, 5) is 64.6. The van der Waals surface area contributed by atoms with Crippen LogP contribution in [0.1, 0.15) is 55.9 Å². The molecule has 0 aliphatic carbocycles. The van der Waals surface area contributed by atoms with Gasteiger partial charge in [0, 0.05) is 73.1 Å². The van der Waals surface area contributed by atoms with Gasteiger partial charge in [-0.25, -0.2) is 4.79 Å². The van der Waals surface area contributed by atoms with Crippen LogP contribution in [0.15, 0.2) is 124 Å². The normalized spacial score (nSPS) is 15.1. The first-order valence-electron chi connectivity index (χ1n) is 24.7. The second kappa shape index (κ2) is 23.0.